The average Bonchev–Trinajstić information content (AvgIpc) is 3.00. The Balaban J connectivity index is 1.75. The van der Waals surface area contributed by atoms with Gasteiger partial charge in [-0.05, 0) is 30.3 Å². The van der Waals surface area contributed by atoms with Gasteiger partial charge in [0.2, 0.25) is 0 Å². The third kappa shape index (κ3) is 6.12. The van der Waals surface area contributed by atoms with E-state index in [-0.39, 0.29) is 29.3 Å². The van der Waals surface area contributed by atoms with Gasteiger partial charge in [-0.2, -0.15) is 0 Å². The van der Waals surface area contributed by atoms with Crippen LogP contribution in [-0.2, 0) is 14.3 Å². The number of esters is 1. The Morgan fingerprint density at radius 1 is 1.12 bits per heavy atom. The molecule has 132 valence electrons. The summed E-state index contributed by atoms with van der Waals surface area (Å²) in [6.45, 7) is -0.593. The summed E-state index contributed by atoms with van der Waals surface area (Å²) in [5, 5.41) is 2.50. The molecule has 5 nitrogen and oxygen atoms in total. The van der Waals surface area contributed by atoms with Crippen molar-refractivity contribution in [1.82, 2.24) is 0 Å². The zero-order valence-electron chi connectivity index (χ0n) is 12.7. The summed E-state index contributed by atoms with van der Waals surface area (Å²) in [6.07, 6.45) is -0.229. The van der Waals surface area contributed by atoms with Crippen LogP contribution in [0.15, 0.2) is 30.3 Å². The number of anilines is 1. The van der Waals surface area contributed by atoms with Crippen LogP contribution in [0.2, 0.25) is 9.36 Å². The first-order chi connectivity index (χ1) is 11.8. The van der Waals surface area contributed by atoms with Gasteiger partial charge in [0.15, 0.2) is 12.4 Å². The van der Waals surface area contributed by atoms with Crippen molar-refractivity contribution >= 4 is 57.9 Å². The second-order valence-electron chi connectivity index (χ2n) is 4.86. The lowest BCUT2D eigenvalue weighted by molar-refractivity contribution is -0.147. The van der Waals surface area contributed by atoms with Gasteiger partial charge in [-0.25, -0.2) is 4.39 Å². The van der Waals surface area contributed by atoms with E-state index in [1.807, 2.05) is 0 Å². The molecule has 1 aromatic carbocycles. The molecule has 1 heterocycles. The fourth-order valence-electron chi connectivity index (χ4n) is 1.80. The van der Waals surface area contributed by atoms with Crippen molar-refractivity contribution in [2.45, 2.75) is 12.8 Å². The van der Waals surface area contributed by atoms with E-state index in [9.17, 15) is 18.8 Å². The predicted molar refractivity (Wildman–Crippen MR) is 93.9 cm³/mol. The molecule has 9 heteroatoms. The normalized spacial score (nSPS) is 10.4. The van der Waals surface area contributed by atoms with Crippen molar-refractivity contribution in [3.63, 3.8) is 0 Å². The Kier molecular flexibility index (Phi) is 6.92. The molecule has 0 radical (unpaired) electrons. The van der Waals surface area contributed by atoms with E-state index in [1.165, 1.54) is 12.1 Å². The summed E-state index contributed by atoms with van der Waals surface area (Å²) in [4.78, 5) is 35.5. The predicted octanol–water partition coefficient (Wildman–Crippen LogP) is 4.34. The van der Waals surface area contributed by atoms with Gasteiger partial charge in [0.05, 0.1) is 21.3 Å². The van der Waals surface area contributed by atoms with E-state index in [0.29, 0.717) is 9.21 Å². The lowest BCUT2D eigenvalue weighted by Gasteiger charge is -2.07. The van der Waals surface area contributed by atoms with Gasteiger partial charge in [0.1, 0.15) is 5.82 Å². The second kappa shape index (κ2) is 8.94. The maximum Gasteiger partial charge on any atom is 0.306 e. The number of amides is 1. The molecule has 2 aromatic rings. The Hall–Kier alpha value is -1.96. The molecule has 0 saturated heterocycles. The Morgan fingerprint density at radius 3 is 2.56 bits per heavy atom. The first-order valence-electron chi connectivity index (χ1n) is 7.04. The van der Waals surface area contributed by atoms with Gasteiger partial charge in [0.25, 0.3) is 5.91 Å². The number of benzene rings is 1. The third-order valence-corrected chi connectivity index (χ3v) is 4.48. The standard InChI is InChI=1S/C16H12Cl2FNO4S/c17-9-1-2-10(19)11(7-9)20-15(22)8-24-16(23)6-3-12(21)13-4-5-14(18)25-13/h1-2,4-5,7H,3,6,8H2,(H,20,22). The summed E-state index contributed by atoms with van der Waals surface area (Å²) < 4.78 is 18.7. The summed E-state index contributed by atoms with van der Waals surface area (Å²) in [6, 6.07) is 6.85. The summed E-state index contributed by atoms with van der Waals surface area (Å²) in [7, 11) is 0. The lowest BCUT2D eigenvalue weighted by atomic mass is 10.2. The highest BCUT2D eigenvalue weighted by Crippen LogP contribution is 2.23. The maximum absolute atomic E-state index is 13.5. The van der Waals surface area contributed by atoms with Crippen LogP contribution in [0, 0.1) is 5.82 Å². The van der Waals surface area contributed by atoms with E-state index >= 15 is 0 Å². The third-order valence-electron chi connectivity index (χ3n) is 2.97. The minimum atomic E-state index is -0.717. The highest BCUT2D eigenvalue weighted by Gasteiger charge is 2.14. The van der Waals surface area contributed by atoms with E-state index in [1.54, 1.807) is 12.1 Å². The fraction of sp³-hybridized carbons (Fsp3) is 0.188. The number of nitrogens with one attached hydrogen (secondary N) is 1. The van der Waals surface area contributed by atoms with Crippen LogP contribution in [0.3, 0.4) is 0 Å². The molecule has 2 rings (SSSR count). The van der Waals surface area contributed by atoms with E-state index in [2.05, 4.69) is 5.32 Å². The molecule has 0 unspecified atom stereocenters. The molecule has 0 saturated carbocycles. The first-order valence-corrected chi connectivity index (χ1v) is 8.61. The Morgan fingerprint density at radius 2 is 1.88 bits per heavy atom. The second-order valence-corrected chi connectivity index (χ2v) is 7.01. The number of halogens is 3. The molecule has 1 aromatic heterocycles. The molecule has 0 fully saturated rings. The zero-order valence-corrected chi connectivity index (χ0v) is 15.0. The molecular weight excluding hydrogens is 392 g/mol. The largest absolute Gasteiger partial charge is 0.456 e. The van der Waals surface area contributed by atoms with Gasteiger partial charge in [0, 0.05) is 11.4 Å². The van der Waals surface area contributed by atoms with Gasteiger partial charge in [-0.3, -0.25) is 14.4 Å². The number of ether oxygens (including phenoxy) is 1. The minimum Gasteiger partial charge on any atom is -0.456 e. The topological polar surface area (TPSA) is 72.5 Å². The molecule has 0 aliphatic rings. The molecule has 0 aliphatic carbocycles. The fourth-order valence-corrected chi connectivity index (χ4v) is 2.98. The zero-order chi connectivity index (χ0) is 18.4. The molecule has 0 spiro atoms. The molecular formula is C16H12Cl2FNO4S. The first kappa shape index (κ1) is 19.4. The van der Waals surface area contributed by atoms with Crippen LogP contribution in [0.25, 0.3) is 0 Å². The lowest BCUT2D eigenvalue weighted by Crippen LogP contribution is -2.21. The Bertz CT molecular complexity index is 809. The summed E-state index contributed by atoms with van der Waals surface area (Å²) in [5.74, 6) is -2.33. The number of rotatable bonds is 7. The van der Waals surface area contributed by atoms with Crippen molar-refractivity contribution in [2.75, 3.05) is 11.9 Å². The van der Waals surface area contributed by atoms with E-state index in [0.717, 1.165) is 17.4 Å². The number of hydrogen-bond acceptors (Lipinski definition) is 5. The molecule has 1 N–H and O–H groups in total. The van der Waals surface area contributed by atoms with Crippen molar-refractivity contribution in [2.24, 2.45) is 0 Å². The smallest absolute Gasteiger partial charge is 0.306 e. The number of thiophene rings is 1. The van der Waals surface area contributed by atoms with Crippen LogP contribution in [-0.4, -0.2) is 24.3 Å². The molecule has 0 atom stereocenters. The van der Waals surface area contributed by atoms with Crippen LogP contribution >= 0.6 is 34.5 Å². The quantitative estimate of drug-likeness (QED) is 0.551. The average molecular weight is 404 g/mol. The van der Waals surface area contributed by atoms with Crippen LogP contribution in [0.5, 0.6) is 0 Å². The van der Waals surface area contributed by atoms with Gasteiger partial charge in [-0.15, -0.1) is 11.3 Å². The van der Waals surface area contributed by atoms with Crippen LogP contribution in [0.1, 0.15) is 22.5 Å². The summed E-state index contributed by atoms with van der Waals surface area (Å²) >= 11 is 12.6. The number of carbonyl (C=O) groups excluding carboxylic acids is 3. The Labute approximate surface area is 156 Å². The van der Waals surface area contributed by atoms with E-state index < -0.39 is 24.3 Å². The van der Waals surface area contributed by atoms with Gasteiger partial charge in [-0.1, -0.05) is 23.2 Å². The van der Waals surface area contributed by atoms with Crippen molar-refractivity contribution < 1.29 is 23.5 Å². The van der Waals surface area contributed by atoms with Gasteiger partial charge >= 0.3 is 5.97 Å². The summed E-state index contributed by atoms with van der Waals surface area (Å²) in [5.41, 5.74) is -0.113. The van der Waals surface area contributed by atoms with Crippen LogP contribution < -0.4 is 5.32 Å². The molecule has 0 bridgehead atoms. The number of ketones is 1. The van der Waals surface area contributed by atoms with Crippen LogP contribution in [0.4, 0.5) is 10.1 Å². The van der Waals surface area contributed by atoms with Crippen molar-refractivity contribution in [1.29, 1.82) is 0 Å². The SMILES string of the molecule is O=C(COC(=O)CCC(=O)c1ccc(Cl)s1)Nc1cc(Cl)ccc1F. The number of hydrogen-bond donors (Lipinski definition) is 1. The van der Waals surface area contributed by atoms with Gasteiger partial charge < -0.3 is 10.1 Å². The molecule has 25 heavy (non-hydrogen) atoms. The minimum absolute atomic E-state index is 0.0553. The van der Waals surface area contributed by atoms with Crippen molar-refractivity contribution in [3.05, 3.63) is 50.4 Å². The maximum atomic E-state index is 13.5. The molecule has 1 amide bonds. The molecule has 0 aliphatic heterocycles. The monoisotopic (exact) mass is 403 g/mol. The number of carbonyl (C=O) groups is 3. The highest BCUT2D eigenvalue weighted by atomic mass is 35.5. The highest BCUT2D eigenvalue weighted by molar-refractivity contribution is 7.18. The van der Waals surface area contributed by atoms with Crippen molar-refractivity contribution in [3.8, 4) is 0 Å². The number of Topliss-reactive ketones (excluding diaryl/α,β-unsaturated/α-hetero) is 1. The van der Waals surface area contributed by atoms with E-state index in [4.69, 9.17) is 27.9 Å².